The van der Waals surface area contributed by atoms with Crippen LogP contribution in [0.2, 0.25) is 0 Å². The molecule has 0 saturated heterocycles. The largest absolute Gasteiger partial charge is 0.491 e. The highest BCUT2D eigenvalue weighted by Gasteiger charge is 2.30. The number of ether oxygens (including phenoxy) is 2. The van der Waals surface area contributed by atoms with Crippen molar-refractivity contribution in [3.8, 4) is 5.75 Å². The Kier molecular flexibility index (Phi) is 9.84. The average molecular weight is 510 g/mol. The summed E-state index contributed by atoms with van der Waals surface area (Å²) in [4.78, 5) is 17.6. The maximum Gasteiger partial charge on any atom is 0.257 e. The quantitative estimate of drug-likeness (QED) is 0.627. The van der Waals surface area contributed by atoms with E-state index in [-0.39, 0.29) is 29.7 Å². The van der Waals surface area contributed by atoms with Gasteiger partial charge in [0.25, 0.3) is 5.91 Å². The third kappa shape index (κ3) is 7.57. The van der Waals surface area contributed by atoms with Gasteiger partial charge in [-0.2, -0.15) is 0 Å². The van der Waals surface area contributed by atoms with Crippen LogP contribution in [0.5, 0.6) is 5.75 Å². The minimum Gasteiger partial charge on any atom is -0.491 e. The molecule has 9 heteroatoms. The zero-order valence-electron chi connectivity index (χ0n) is 22.0. The van der Waals surface area contributed by atoms with Crippen molar-refractivity contribution < 1.29 is 22.7 Å². The van der Waals surface area contributed by atoms with Gasteiger partial charge >= 0.3 is 0 Å². The van der Waals surface area contributed by atoms with Crippen LogP contribution in [0.4, 0.5) is 5.69 Å². The molecule has 3 rings (SSSR count). The summed E-state index contributed by atoms with van der Waals surface area (Å²) >= 11 is 0. The fraction of sp³-hybridized carbons (Fsp3) is 0.731. The first kappa shape index (κ1) is 27.7. The van der Waals surface area contributed by atoms with Crippen LogP contribution in [0.3, 0.4) is 0 Å². The van der Waals surface area contributed by atoms with Crippen LogP contribution in [0.15, 0.2) is 18.2 Å². The minimum atomic E-state index is -3.46. The van der Waals surface area contributed by atoms with Crippen LogP contribution in [0.25, 0.3) is 0 Å². The molecule has 0 unspecified atom stereocenters. The Labute approximate surface area is 211 Å². The van der Waals surface area contributed by atoms with E-state index in [4.69, 9.17) is 9.47 Å². The zero-order chi connectivity index (χ0) is 25.6. The lowest BCUT2D eigenvalue weighted by Gasteiger charge is -2.38. The second-order valence-corrected chi connectivity index (χ2v) is 12.3. The van der Waals surface area contributed by atoms with Gasteiger partial charge in [0.2, 0.25) is 10.0 Å². The lowest BCUT2D eigenvalue weighted by Crippen LogP contribution is -2.48. The van der Waals surface area contributed by atoms with Crippen molar-refractivity contribution in [2.75, 3.05) is 50.9 Å². The van der Waals surface area contributed by atoms with E-state index in [1.54, 1.807) is 44.2 Å². The maximum absolute atomic E-state index is 13.4. The van der Waals surface area contributed by atoms with E-state index in [2.05, 4.69) is 23.5 Å². The Morgan fingerprint density at radius 3 is 2.51 bits per heavy atom. The molecule has 3 atom stereocenters. The zero-order valence-corrected chi connectivity index (χ0v) is 22.8. The van der Waals surface area contributed by atoms with E-state index in [0.29, 0.717) is 36.1 Å². The third-order valence-electron chi connectivity index (χ3n) is 7.44. The number of rotatable bonds is 6. The molecule has 1 aromatic carbocycles. The summed E-state index contributed by atoms with van der Waals surface area (Å²) in [7, 11) is -0.00754. The third-order valence-corrected chi connectivity index (χ3v) is 8.75. The number of carbonyl (C=O) groups excluding carboxylic acids is 1. The maximum atomic E-state index is 13.4. The van der Waals surface area contributed by atoms with Crippen molar-refractivity contribution >= 4 is 21.6 Å². The molecule has 1 aromatic rings. The van der Waals surface area contributed by atoms with Crippen LogP contribution < -0.4 is 9.46 Å². The topological polar surface area (TPSA) is 88.2 Å². The van der Waals surface area contributed by atoms with Crippen LogP contribution in [-0.2, 0) is 14.8 Å². The Hall–Kier alpha value is -1.84. The Bertz CT molecular complexity index is 948. The van der Waals surface area contributed by atoms with Gasteiger partial charge in [0.05, 0.1) is 17.4 Å². The fourth-order valence-corrected chi connectivity index (χ4v) is 5.75. The summed E-state index contributed by atoms with van der Waals surface area (Å²) in [5.74, 6) is 1.13. The fourth-order valence-electron chi connectivity index (χ4n) is 5.12. The smallest absolute Gasteiger partial charge is 0.257 e. The molecule has 0 bridgehead atoms. The molecule has 1 heterocycles. The number of sulfonamides is 1. The first-order chi connectivity index (χ1) is 16.6. The van der Waals surface area contributed by atoms with E-state index >= 15 is 0 Å². The molecule has 0 radical (unpaired) electrons. The number of hydrogen-bond donors (Lipinski definition) is 1. The highest BCUT2D eigenvalue weighted by molar-refractivity contribution is 7.92. The van der Waals surface area contributed by atoms with Crippen molar-refractivity contribution in [2.45, 2.75) is 65.0 Å². The molecule has 8 nitrogen and oxygen atoms in total. The molecule has 198 valence electrons. The van der Waals surface area contributed by atoms with E-state index < -0.39 is 10.0 Å². The van der Waals surface area contributed by atoms with E-state index in [1.807, 2.05) is 0 Å². The first-order valence-corrected chi connectivity index (χ1v) is 14.6. The number of methoxy groups -OCH3 is 1. The van der Waals surface area contributed by atoms with Gasteiger partial charge in [-0.1, -0.05) is 26.2 Å². The average Bonchev–Trinajstić information content (AvgIpc) is 2.85. The van der Waals surface area contributed by atoms with E-state index in [1.165, 1.54) is 32.1 Å². The molecule has 1 amide bonds. The van der Waals surface area contributed by atoms with Crippen LogP contribution in [0, 0.1) is 11.8 Å². The molecule has 1 aliphatic heterocycles. The summed E-state index contributed by atoms with van der Waals surface area (Å²) in [6.07, 6.45) is 6.40. The predicted octanol–water partition coefficient (Wildman–Crippen LogP) is 3.83. The van der Waals surface area contributed by atoms with E-state index in [9.17, 15) is 13.2 Å². The van der Waals surface area contributed by atoms with Crippen LogP contribution in [0.1, 0.15) is 63.2 Å². The number of anilines is 1. The number of carbonyl (C=O) groups is 1. The summed E-state index contributed by atoms with van der Waals surface area (Å²) in [6, 6.07) is 5.07. The summed E-state index contributed by atoms with van der Waals surface area (Å²) in [6.45, 7) is 8.75. The molecule has 1 aliphatic carbocycles. The number of likely N-dealkylation sites (N-methyl/N-ethyl adjacent to an activating group) is 1. The lowest BCUT2D eigenvalue weighted by atomic mass is 9.88. The molecule has 0 spiro atoms. The van der Waals surface area contributed by atoms with Crippen LogP contribution >= 0.6 is 0 Å². The number of amides is 1. The lowest BCUT2D eigenvalue weighted by molar-refractivity contribution is 0.00690. The number of nitrogens with one attached hydrogen (secondary N) is 1. The SMILES string of the molecule is CCS(=O)(=O)Nc1ccc2c(c1)C(=O)N(C)C[C@H](OC)[C@@H](C)CN(CC1CCCCC1)[C@@H](C)CO2. The second-order valence-electron chi connectivity index (χ2n) is 10.3. The highest BCUT2D eigenvalue weighted by atomic mass is 32.2. The van der Waals surface area contributed by atoms with Gasteiger partial charge in [-0.05, 0) is 56.7 Å². The summed E-state index contributed by atoms with van der Waals surface area (Å²) in [5, 5.41) is 0. The Morgan fingerprint density at radius 2 is 1.86 bits per heavy atom. The number of nitrogens with zero attached hydrogens (tertiary/aromatic N) is 2. The summed E-state index contributed by atoms with van der Waals surface area (Å²) in [5.41, 5.74) is 0.699. The van der Waals surface area contributed by atoms with Gasteiger partial charge in [0, 0.05) is 45.5 Å². The molecule has 35 heavy (non-hydrogen) atoms. The normalized spacial score (nSPS) is 25.8. The number of benzene rings is 1. The molecular weight excluding hydrogens is 466 g/mol. The van der Waals surface area contributed by atoms with Crippen molar-refractivity contribution in [2.24, 2.45) is 11.8 Å². The van der Waals surface area contributed by atoms with Crippen molar-refractivity contribution in [1.82, 2.24) is 9.80 Å². The highest BCUT2D eigenvalue weighted by Crippen LogP contribution is 2.29. The van der Waals surface area contributed by atoms with E-state index in [0.717, 1.165) is 13.1 Å². The Morgan fingerprint density at radius 1 is 1.14 bits per heavy atom. The van der Waals surface area contributed by atoms with Gasteiger partial charge in [-0.3, -0.25) is 14.4 Å². The van der Waals surface area contributed by atoms with Crippen molar-refractivity contribution in [1.29, 1.82) is 0 Å². The second kappa shape index (κ2) is 12.4. The molecule has 0 aromatic heterocycles. The molecule has 1 saturated carbocycles. The van der Waals surface area contributed by atoms with Gasteiger partial charge in [0.1, 0.15) is 12.4 Å². The molecule has 1 N–H and O–H groups in total. The van der Waals surface area contributed by atoms with Crippen molar-refractivity contribution in [3.05, 3.63) is 23.8 Å². The number of hydrogen-bond acceptors (Lipinski definition) is 6. The minimum absolute atomic E-state index is 0.0455. The van der Waals surface area contributed by atoms with Gasteiger partial charge in [-0.25, -0.2) is 8.42 Å². The van der Waals surface area contributed by atoms with Crippen molar-refractivity contribution in [3.63, 3.8) is 0 Å². The predicted molar refractivity (Wildman–Crippen MR) is 140 cm³/mol. The monoisotopic (exact) mass is 509 g/mol. The van der Waals surface area contributed by atoms with Crippen LogP contribution in [-0.4, -0.2) is 82.4 Å². The molecule has 1 fully saturated rings. The standard InChI is InChI=1S/C26H43N3O5S/c1-6-35(31,32)27-22-12-13-24-23(14-22)26(30)28(4)17-25(33-5)19(2)15-29(20(3)18-34-24)16-21-10-8-7-9-11-21/h12-14,19-21,25,27H,6-11,15-18H2,1-5H3/t19-,20-,25-/m0/s1. The summed E-state index contributed by atoms with van der Waals surface area (Å²) < 4.78 is 38.8. The Balaban J connectivity index is 1.91. The molecule has 2 aliphatic rings. The van der Waals surface area contributed by atoms with Gasteiger partial charge in [0.15, 0.2) is 0 Å². The molecular formula is C26H43N3O5S. The van der Waals surface area contributed by atoms with Gasteiger partial charge < -0.3 is 14.4 Å². The first-order valence-electron chi connectivity index (χ1n) is 12.9. The number of fused-ring (bicyclic) bond motifs is 1. The van der Waals surface area contributed by atoms with Gasteiger partial charge in [-0.15, -0.1) is 0 Å².